The quantitative estimate of drug-likeness (QED) is 0.876. The van der Waals surface area contributed by atoms with Crippen molar-refractivity contribution >= 4 is 5.69 Å². The lowest BCUT2D eigenvalue weighted by molar-refractivity contribution is 0.0765. The number of aliphatic hydroxyl groups is 1. The highest BCUT2D eigenvalue weighted by Crippen LogP contribution is 2.34. The summed E-state index contributed by atoms with van der Waals surface area (Å²) in [6.07, 6.45) is 0.609. The van der Waals surface area contributed by atoms with E-state index < -0.39 is 5.60 Å². The smallest absolute Gasteiger partial charge is 0.118 e. The minimum absolute atomic E-state index is 0.609. The first-order valence-corrected chi connectivity index (χ1v) is 6.79. The zero-order chi connectivity index (χ0) is 14.6. The van der Waals surface area contributed by atoms with E-state index in [1.165, 1.54) is 0 Å². The van der Waals surface area contributed by atoms with Gasteiger partial charge in [-0.3, -0.25) is 0 Å². The van der Waals surface area contributed by atoms with Crippen LogP contribution in [-0.4, -0.2) is 19.3 Å². The summed E-state index contributed by atoms with van der Waals surface area (Å²) in [5, 5.41) is 14.1. The highest BCUT2D eigenvalue weighted by atomic mass is 16.5. The van der Waals surface area contributed by atoms with Crippen molar-refractivity contribution in [1.29, 1.82) is 0 Å². The molecule has 2 aromatic carbocycles. The molecule has 3 nitrogen and oxygen atoms in total. The number of hydrogen-bond acceptors (Lipinski definition) is 3. The molecule has 1 unspecified atom stereocenters. The van der Waals surface area contributed by atoms with Gasteiger partial charge in [0.25, 0.3) is 0 Å². The summed E-state index contributed by atoms with van der Waals surface area (Å²) in [6.45, 7) is 1.98. The minimum Gasteiger partial charge on any atom is -0.497 e. The zero-order valence-corrected chi connectivity index (χ0v) is 12.2. The molecule has 0 fully saturated rings. The Labute approximate surface area is 120 Å². The third kappa shape index (κ3) is 2.63. The summed E-state index contributed by atoms with van der Waals surface area (Å²) in [6, 6.07) is 15.4. The van der Waals surface area contributed by atoms with Gasteiger partial charge >= 0.3 is 0 Å². The maximum atomic E-state index is 11.0. The molecule has 2 N–H and O–H groups in total. The van der Waals surface area contributed by atoms with Crippen LogP contribution in [0.4, 0.5) is 5.69 Å². The number of rotatable bonds is 5. The van der Waals surface area contributed by atoms with E-state index in [0.29, 0.717) is 6.42 Å². The van der Waals surface area contributed by atoms with Gasteiger partial charge in [-0.25, -0.2) is 0 Å². The lowest BCUT2D eigenvalue weighted by Gasteiger charge is -2.28. The summed E-state index contributed by atoms with van der Waals surface area (Å²) in [4.78, 5) is 0. The Morgan fingerprint density at radius 2 is 1.50 bits per heavy atom. The topological polar surface area (TPSA) is 41.5 Å². The van der Waals surface area contributed by atoms with Gasteiger partial charge in [0.05, 0.1) is 7.11 Å². The molecule has 0 radical (unpaired) electrons. The van der Waals surface area contributed by atoms with Crippen molar-refractivity contribution in [2.75, 3.05) is 19.5 Å². The molecule has 0 heterocycles. The fourth-order valence-electron chi connectivity index (χ4n) is 2.35. The van der Waals surface area contributed by atoms with Crippen molar-refractivity contribution < 1.29 is 9.84 Å². The van der Waals surface area contributed by atoms with Crippen LogP contribution in [-0.2, 0) is 5.60 Å². The first-order chi connectivity index (χ1) is 9.63. The molecule has 20 heavy (non-hydrogen) atoms. The third-order valence-corrected chi connectivity index (χ3v) is 3.73. The largest absolute Gasteiger partial charge is 0.497 e. The van der Waals surface area contributed by atoms with Crippen molar-refractivity contribution in [2.24, 2.45) is 0 Å². The van der Waals surface area contributed by atoms with Gasteiger partial charge in [0.1, 0.15) is 11.4 Å². The van der Waals surface area contributed by atoms with E-state index in [0.717, 1.165) is 22.6 Å². The Bertz CT molecular complexity index is 499. The fraction of sp³-hybridized carbons (Fsp3) is 0.294. The second-order valence-corrected chi connectivity index (χ2v) is 4.77. The first-order valence-electron chi connectivity index (χ1n) is 6.79. The molecule has 0 saturated heterocycles. The van der Waals surface area contributed by atoms with Gasteiger partial charge in [-0.1, -0.05) is 31.2 Å². The first kappa shape index (κ1) is 14.4. The summed E-state index contributed by atoms with van der Waals surface area (Å²) in [5.41, 5.74) is 1.82. The van der Waals surface area contributed by atoms with Crippen LogP contribution in [0, 0.1) is 0 Å². The molecule has 0 aromatic heterocycles. The molecule has 2 rings (SSSR count). The monoisotopic (exact) mass is 271 g/mol. The van der Waals surface area contributed by atoms with Crippen LogP contribution in [0.3, 0.4) is 0 Å². The zero-order valence-electron chi connectivity index (χ0n) is 12.2. The molecule has 0 bridgehead atoms. The van der Waals surface area contributed by atoms with E-state index in [2.05, 4.69) is 5.32 Å². The van der Waals surface area contributed by atoms with Crippen molar-refractivity contribution in [3.8, 4) is 5.75 Å². The fourth-order valence-corrected chi connectivity index (χ4v) is 2.35. The average molecular weight is 271 g/mol. The molecule has 0 amide bonds. The molecule has 0 spiro atoms. The third-order valence-electron chi connectivity index (χ3n) is 3.73. The summed E-state index contributed by atoms with van der Waals surface area (Å²) < 4.78 is 5.16. The van der Waals surface area contributed by atoms with Gasteiger partial charge < -0.3 is 15.2 Å². The molecular weight excluding hydrogens is 250 g/mol. The van der Waals surface area contributed by atoms with Gasteiger partial charge in [-0.05, 0) is 41.8 Å². The lowest BCUT2D eigenvalue weighted by atomic mass is 9.84. The molecular formula is C17H21NO2. The molecule has 0 saturated carbocycles. The van der Waals surface area contributed by atoms with E-state index in [1.54, 1.807) is 7.11 Å². The van der Waals surface area contributed by atoms with Gasteiger partial charge in [-0.2, -0.15) is 0 Å². The van der Waals surface area contributed by atoms with Gasteiger partial charge in [0.15, 0.2) is 0 Å². The summed E-state index contributed by atoms with van der Waals surface area (Å²) in [7, 11) is 3.52. The number of hydrogen-bond donors (Lipinski definition) is 2. The average Bonchev–Trinajstić information content (AvgIpc) is 2.54. The molecule has 0 aliphatic rings. The maximum Gasteiger partial charge on any atom is 0.118 e. The minimum atomic E-state index is -0.974. The second-order valence-electron chi connectivity index (χ2n) is 4.77. The Morgan fingerprint density at radius 3 is 1.90 bits per heavy atom. The maximum absolute atomic E-state index is 11.0. The second kappa shape index (κ2) is 5.97. The van der Waals surface area contributed by atoms with Crippen LogP contribution in [0.5, 0.6) is 5.75 Å². The Morgan fingerprint density at radius 1 is 1.00 bits per heavy atom. The van der Waals surface area contributed by atoms with Crippen LogP contribution >= 0.6 is 0 Å². The van der Waals surface area contributed by atoms with E-state index in [9.17, 15) is 5.11 Å². The Hall–Kier alpha value is -2.00. The number of benzene rings is 2. The van der Waals surface area contributed by atoms with E-state index in [-0.39, 0.29) is 0 Å². The molecule has 3 heteroatoms. The Kier molecular flexibility index (Phi) is 4.30. The predicted molar refractivity (Wildman–Crippen MR) is 82.3 cm³/mol. The van der Waals surface area contributed by atoms with E-state index in [1.807, 2.05) is 62.5 Å². The molecule has 1 atom stereocenters. The van der Waals surface area contributed by atoms with Crippen LogP contribution in [0.15, 0.2) is 48.5 Å². The van der Waals surface area contributed by atoms with Crippen LogP contribution in [0.25, 0.3) is 0 Å². The normalized spacial score (nSPS) is 13.6. The molecule has 106 valence electrons. The van der Waals surface area contributed by atoms with Crippen LogP contribution in [0.1, 0.15) is 24.5 Å². The van der Waals surface area contributed by atoms with Gasteiger partial charge in [-0.15, -0.1) is 0 Å². The summed E-state index contributed by atoms with van der Waals surface area (Å²) >= 11 is 0. The molecule has 0 aliphatic heterocycles. The number of nitrogens with one attached hydrogen (secondary N) is 1. The number of methoxy groups -OCH3 is 1. The molecule has 2 aromatic rings. The Balaban J connectivity index is 2.39. The highest BCUT2D eigenvalue weighted by molar-refractivity contribution is 5.47. The molecule has 0 aliphatic carbocycles. The van der Waals surface area contributed by atoms with Crippen molar-refractivity contribution in [2.45, 2.75) is 18.9 Å². The van der Waals surface area contributed by atoms with Crippen molar-refractivity contribution in [1.82, 2.24) is 0 Å². The number of anilines is 1. The predicted octanol–water partition coefficient (Wildman–Crippen LogP) is 3.38. The van der Waals surface area contributed by atoms with Crippen molar-refractivity contribution in [3.05, 3.63) is 59.7 Å². The number of ether oxygens (including phenoxy) is 1. The van der Waals surface area contributed by atoms with E-state index >= 15 is 0 Å². The van der Waals surface area contributed by atoms with Crippen LogP contribution < -0.4 is 10.1 Å². The summed E-state index contributed by atoms with van der Waals surface area (Å²) in [5.74, 6) is 0.790. The highest BCUT2D eigenvalue weighted by Gasteiger charge is 2.29. The standard InChI is InChI=1S/C17H21NO2/c1-4-17(19,13-5-9-15(18-2)10-6-13)14-7-11-16(20-3)12-8-14/h5-12,18-19H,4H2,1-3H3. The van der Waals surface area contributed by atoms with Crippen molar-refractivity contribution in [3.63, 3.8) is 0 Å². The van der Waals surface area contributed by atoms with Gasteiger partial charge in [0.2, 0.25) is 0 Å². The van der Waals surface area contributed by atoms with Gasteiger partial charge in [0, 0.05) is 12.7 Å². The SMILES string of the molecule is CCC(O)(c1ccc(NC)cc1)c1ccc(OC)cc1. The van der Waals surface area contributed by atoms with E-state index in [4.69, 9.17) is 4.74 Å². The van der Waals surface area contributed by atoms with Crippen LogP contribution in [0.2, 0.25) is 0 Å². The lowest BCUT2D eigenvalue weighted by Crippen LogP contribution is -2.26.